The number of hydrogen-bond donors (Lipinski definition) is 0. The van der Waals surface area contributed by atoms with Gasteiger partial charge >= 0.3 is 0 Å². The quantitative estimate of drug-likeness (QED) is 0.589. The van der Waals surface area contributed by atoms with Crippen molar-refractivity contribution in [1.82, 2.24) is 9.55 Å². The number of aromatic nitrogens is 2. The molecule has 0 aromatic carbocycles. The van der Waals surface area contributed by atoms with Gasteiger partial charge in [0.25, 0.3) is 0 Å². The number of imidazole rings is 1. The molecule has 0 aliphatic rings. The van der Waals surface area contributed by atoms with E-state index >= 15 is 0 Å². The normalized spacial score (nSPS) is 10.1. The van der Waals surface area contributed by atoms with Gasteiger partial charge in [0.1, 0.15) is 5.15 Å². The minimum Gasteiger partial charge on any atom is -0.322 e. The Morgan fingerprint density at radius 3 is 2.67 bits per heavy atom. The van der Waals surface area contributed by atoms with Crippen molar-refractivity contribution < 1.29 is 0 Å². The summed E-state index contributed by atoms with van der Waals surface area (Å²) in [5, 5.41) is 0.748. The highest BCUT2D eigenvalue weighted by Crippen LogP contribution is 2.11. The van der Waals surface area contributed by atoms with Crippen LogP contribution >= 0.6 is 11.6 Å². The molecule has 0 N–H and O–H groups in total. The molecular formula is C6H9ClN2. The minimum atomic E-state index is 0.748. The second-order valence-electron chi connectivity index (χ2n) is 1.91. The third kappa shape index (κ3) is 1.08. The predicted octanol–water partition coefficient (Wildman–Crippen LogP) is 1.86. The fourth-order valence-electron chi connectivity index (χ4n) is 0.689. The molecular weight excluding hydrogens is 136 g/mol. The highest BCUT2D eigenvalue weighted by Gasteiger charge is 1.99. The van der Waals surface area contributed by atoms with Crippen LogP contribution < -0.4 is 0 Å². The predicted molar refractivity (Wildman–Crippen MR) is 37.6 cm³/mol. The number of aryl methyl sites for hydroxylation is 2. The molecule has 2 nitrogen and oxygen atoms in total. The Kier molecular flexibility index (Phi) is 1.76. The summed E-state index contributed by atoms with van der Waals surface area (Å²) in [5.41, 5.74) is 0.901. The van der Waals surface area contributed by atoms with Gasteiger partial charge in [-0.15, -0.1) is 0 Å². The SMILES string of the molecule is CCn1cnc(C)c1Cl. The van der Waals surface area contributed by atoms with E-state index in [1.165, 1.54) is 0 Å². The second-order valence-corrected chi connectivity index (χ2v) is 2.26. The molecule has 9 heavy (non-hydrogen) atoms. The number of rotatable bonds is 1. The molecule has 0 saturated carbocycles. The van der Waals surface area contributed by atoms with E-state index in [1.807, 2.05) is 18.4 Å². The lowest BCUT2D eigenvalue weighted by molar-refractivity contribution is 0.762. The fourth-order valence-corrected chi connectivity index (χ4v) is 0.901. The zero-order valence-corrected chi connectivity index (χ0v) is 6.31. The fraction of sp³-hybridized carbons (Fsp3) is 0.500. The molecule has 0 aliphatic carbocycles. The van der Waals surface area contributed by atoms with Gasteiger partial charge in [0.2, 0.25) is 0 Å². The van der Waals surface area contributed by atoms with Crippen molar-refractivity contribution >= 4 is 11.6 Å². The van der Waals surface area contributed by atoms with Crippen molar-refractivity contribution in [2.75, 3.05) is 0 Å². The Labute approximate surface area is 59.5 Å². The summed E-state index contributed by atoms with van der Waals surface area (Å²) in [6.45, 7) is 4.82. The lowest BCUT2D eigenvalue weighted by atomic mass is 10.5. The molecule has 1 aromatic heterocycles. The van der Waals surface area contributed by atoms with Gasteiger partial charge in [0.15, 0.2) is 0 Å². The van der Waals surface area contributed by atoms with Gasteiger partial charge < -0.3 is 4.57 Å². The molecule has 0 aliphatic heterocycles. The first-order valence-corrected chi connectivity index (χ1v) is 3.30. The Bertz CT molecular complexity index is 205. The molecule has 0 saturated heterocycles. The van der Waals surface area contributed by atoms with Crippen LogP contribution in [0.4, 0.5) is 0 Å². The van der Waals surface area contributed by atoms with Crippen molar-refractivity contribution in [2.24, 2.45) is 0 Å². The monoisotopic (exact) mass is 144 g/mol. The standard InChI is InChI=1S/C6H9ClN2/c1-3-9-4-8-5(2)6(9)7/h4H,3H2,1-2H3. The van der Waals surface area contributed by atoms with Crippen LogP contribution in [0.1, 0.15) is 12.6 Å². The van der Waals surface area contributed by atoms with Crippen molar-refractivity contribution in [2.45, 2.75) is 20.4 Å². The van der Waals surface area contributed by atoms with Gasteiger partial charge in [-0.25, -0.2) is 4.98 Å². The van der Waals surface area contributed by atoms with E-state index in [0.29, 0.717) is 0 Å². The lowest BCUT2D eigenvalue weighted by Crippen LogP contribution is -1.90. The zero-order chi connectivity index (χ0) is 6.85. The van der Waals surface area contributed by atoms with Gasteiger partial charge in [0, 0.05) is 6.54 Å². The van der Waals surface area contributed by atoms with Crippen LogP contribution in [0.5, 0.6) is 0 Å². The maximum atomic E-state index is 5.81. The summed E-state index contributed by atoms with van der Waals surface area (Å²) in [5.74, 6) is 0. The van der Waals surface area contributed by atoms with E-state index < -0.39 is 0 Å². The Hall–Kier alpha value is -0.500. The topological polar surface area (TPSA) is 17.8 Å². The lowest BCUT2D eigenvalue weighted by Gasteiger charge is -1.95. The molecule has 0 atom stereocenters. The minimum absolute atomic E-state index is 0.748. The van der Waals surface area contributed by atoms with E-state index in [4.69, 9.17) is 11.6 Å². The van der Waals surface area contributed by atoms with Crippen LogP contribution in [-0.2, 0) is 6.54 Å². The van der Waals surface area contributed by atoms with Crippen LogP contribution in [0.3, 0.4) is 0 Å². The third-order valence-electron chi connectivity index (χ3n) is 1.28. The first-order valence-electron chi connectivity index (χ1n) is 2.93. The number of hydrogen-bond acceptors (Lipinski definition) is 1. The molecule has 1 heterocycles. The van der Waals surface area contributed by atoms with E-state index in [9.17, 15) is 0 Å². The van der Waals surface area contributed by atoms with Gasteiger partial charge in [0.05, 0.1) is 12.0 Å². The van der Waals surface area contributed by atoms with Crippen molar-refractivity contribution in [3.05, 3.63) is 17.2 Å². The van der Waals surface area contributed by atoms with Crippen molar-refractivity contribution in [3.63, 3.8) is 0 Å². The van der Waals surface area contributed by atoms with E-state index in [2.05, 4.69) is 4.98 Å². The molecule has 0 amide bonds. The average Bonchev–Trinajstić information content (AvgIpc) is 2.15. The third-order valence-corrected chi connectivity index (χ3v) is 1.77. The second kappa shape index (κ2) is 2.40. The van der Waals surface area contributed by atoms with E-state index in [-0.39, 0.29) is 0 Å². The summed E-state index contributed by atoms with van der Waals surface area (Å²) < 4.78 is 1.90. The molecule has 0 radical (unpaired) electrons. The average molecular weight is 145 g/mol. The van der Waals surface area contributed by atoms with Crippen LogP contribution in [0.15, 0.2) is 6.33 Å². The molecule has 50 valence electrons. The van der Waals surface area contributed by atoms with Gasteiger partial charge in [-0.1, -0.05) is 11.6 Å². The van der Waals surface area contributed by atoms with E-state index in [0.717, 1.165) is 17.4 Å². The molecule has 1 aromatic rings. The highest BCUT2D eigenvalue weighted by molar-refractivity contribution is 6.30. The van der Waals surface area contributed by atoms with Crippen molar-refractivity contribution in [1.29, 1.82) is 0 Å². The molecule has 0 bridgehead atoms. The zero-order valence-electron chi connectivity index (χ0n) is 5.56. The van der Waals surface area contributed by atoms with Crippen LogP contribution in [0.25, 0.3) is 0 Å². The van der Waals surface area contributed by atoms with Crippen molar-refractivity contribution in [3.8, 4) is 0 Å². The molecule has 3 heteroatoms. The maximum Gasteiger partial charge on any atom is 0.131 e. The van der Waals surface area contributed by atoms with E-state index in [1.54, 1.807) is 6.33 Å². The first kappa shape index (κ1) is 6.62. The smallest absolute Gasteiger partial charge is 0.131 e. The number of nitrogens with zero attached hydrogens (tertiary/aromatic N) is 2. The molecule has 0 spiro atoms. The highest BCUT2D eigenvalue weighted by atomic mass is 35.5. The maximum absolute atomic E-state index is 5.81. The summed E-state index contributed by atoms with van der Waals surface area (Å²) in [6, 6.07) is 0. The summed E-state index contributed by atoms with van der Waals surface area (Å²) in [4.78, 5) is 4.02. The Balaban J connectivity index is 3.04. The number of halogens is 1. The van der Waals surface area contributed by atoms with Gasteiger partial charge in [-0.05, 0) is 13.8 Å². The van der Waals surface area contributed by atoms with Gasteiger partial charge in [-0.3, -0.25) is 0 Å². The van der Waals surface area contributed by atoms with Crippen LogP contribution in [0.2, 0.25) is 5.15 Å². The first-order chi connectivity index (χ1) is 4.25. The molecule has 1 rings (SSSR count). The van der Waals surface area contributed by atoms with Crippen LogP contribution in [-0.4, -0.2) is 9.55 Å². The largest absolute Gasteiger partial charge is 0.322 e. The summed E-state index contributed by atoms with van der Waals surface area (Å²) in [7, 11) is 0. The molecule has 0 unspecified atom stereocenters. The molecule has 0 fully saturated rings. The van der Waals surface area contributed by atoms with Crippen LogP contribution in [0, 0.1) is 6.92 Å². The Morgan fingerprint density at radius 1 is 1.78 bits per heavy atom. The summed E-state index contributed by atoms with van der Waals surface area (Å²) in [6.07, 6.45) is 1.75. The Morgan fingerprint density at radius 2 is 2.44 bits per heavy atom. The summed E-state index contributed by atoms with van der Waals surface area (Å²) >= 11 is 5.81. The van der Waals surface area contributed by atoms with Gasteiger partial charge in [-0.2, -0.15) is 0 Å².